The van der Waals surface area contributed by atoms with Crippen LogP contribution in [-0.4, -0.2) is 43.0 Å². The zero-order chi connectivity index (χ0) is 21.9. The lowest BCUT2D eigenvalue weighted by molar-refractivity contribution is -0.138. The van der Waals surface area contributed by atoms with Gasteiger partial charge in [-0.2, -0.15) is 13.2 Å². The minimum absolute atomic E-state index is 0.0634. The summed E-state index contributed by atoms with van der Waals surface area (Å²) in [5, 5.41) is 0. The van der Waals surface area contributed by atoms with E-state index in [9.17, 15) is 18.0 Å². The van der Waals surface area contributed by atoms with E-state index in [2.05, 4.69) is 4.98 Å². The van der Waals surface area contributed by atoms with Crippen molar-refractivity contribution in [3.8, 4) is 5.75 Å². The van der Waals surface area contributed by atoms with Crippen LogP contribution in [0.25, 0.3) is 0 Å². The molecule has 0 N–H and O–H groups in total. The Hall–Kier alpha value is -2.77. The lowest BCUT2D eigenvalue weighted by Crippen LogP contribution is -2.42. The molecule has 1 aliphatic rings. The molecule has 8 heteroatoms. The van der Waals surface area contributed by atoms with Crippen molar-refractivity contribution in [2.45, 2.75) is 32.0 Å². The number of anilines is 1. The first-order valence-electron chi connectivity index (χ1n) is 9.90. The largest absolute Gasteiger partial charge is 0.496 e. The third kappa shape index (κ3) is 4.68. The van der Waals surface area contributed by atoms with Gasteiger partial charge in [0, 0.05) is 37.8 Å². The third-order valence-corrected chi connectivity index (χ3v) is 5.76. The Morgan fingerprint density at radius 2 is 1.87 bits per heavy atom. The monoisotopic (exact) mass is 421 g/mol. The Morgan fingerprint density at radius 3 is 2.43 bits per heavy atom. The number of aromatic nitrogens is 1. The van der Waals surface area contributed by atoms with E-state index < -0.39 is 11.7 Å². The highest BCUT2D eigenvalue weighted by atomic mass is 19.4. The van der Waals surface area contributed by atoms with Gasteiger partial charge < -0.3 is 14.5 Å². The molecule has 1 fully saturated rings. The van der Waals surface area contributed by atoms with Crippen LogP contribution >= 0.6 is 0 Å². The summed E-state index contributed by atoms with van der Waals surface area (Å²) in [5.41, 5.74) is 0.186. The molecular formula is C22H26F3N3O2. The van der Waals surface area contributed by atoms with E-state index in [0.29, 0.717) is 31.7 Å². The second kappa shape index (κ2) is 8.93. The number of amides is 1. The van der Waals surface area contributed by atoms with Crippen molar-refractivity contribution in [2.75, 3.05) is 32.1 Å². The van der Waals surface area contributed by atoms with Gasteiger partial charge in [-0.15, -0.1) is 0 Å². The molecule has 0 unspecified atom stereocenters. The van der Waals surface area contributed by atoms with Crippen molar-refractivity contribution in [1.29, 1.82) is 0 Å². The number of ether oxygens (including phenoxy) is 1. The van der Waals surface area contributed by atoms with E-state index in [1.807, 2.05) is 36.1 Å². The number of carbonyl (C=O) groups excluding carboxylic acids is 1. The number of hydrogen-bond acceptors (Lipinski definition) is 4. The number of halogens is 3. The summed E-state index contributed by atoms with van der Waals surface area (Å²) < 4.78 is 43.5. The third-order valence-electron chi connectivity index (χ3n) is 5.76. The van der Waals surface area contributed by atoms with Gasteiger partial charge in [0.1, 0.15) is 11.6 Å². The summed E-state index contributed by atoms with van der Waals surface area (Å²) in [6, 6.07) is 9.93. The summed E-state index contributed by atoms with van der Waals surface area (Å²) in [5.74, 6) is 1.18. The zero-order valence-electron chi connectivity index (χ0n) is 17.3. The maximum absolute atomic E-state index is 13.0. The van der Waals surface area contributed by atoms with Gasteiger partial charge in [-0.1, -0.05) is 18.2 Å². The van der Waals surface area contributed by atoms with E-state index in [4.69, 9.17) is 4.74 Å². The number of hydrogen-bond donors (Lipinski definition) is 0. The second-order valence-corrected chi connectivity index (χ2v) is 7.53. The standard InChI is InChI=1S/C22H26F3N3O2/c1-15(18-6-4-5-7-19(18)30-3)27(2)21(29)16-10-12-28(13-11-16)20-9-8-17(14-26-20)22(23,24)25/h4-9,14-16H,10-13H2,1-3H3/t15-/m1/s1. The number of pyridine rings is 1. The molecule has 30 heavy (non-hydrogen) atoms. The van der Waals surface area contributed by atoms with Crippen LogP contribution in [0.15, 0.2) is 42.6 Å². The fourth-order valence-corrected chi connectivity index (χ4v) is 3.80. The highest BCUT2D eigenvalue weighted by Crippen LogP contribution is 2.32. The quantitative estimate of drug-likeness (QED) is 0.711. The predicted octanol–water partition coefficient (Wildman–Crippen LogP) is 4.55. The number of piperidine rings is 1. The van der Waals surface area contributed by atoms with Crippen molar-refractivity contribution in [3.63, 3.8) is 0 Å². The van der Waals surface area contributed by atoms with Gasteiger partial charge in [0.05, 0.1) is 18.7 Å². The van der Waals surface area contributed by atoms with Crippen LogP contribution in [-0.2, 0) is 11.0 Å². The molecule has 3 rings (SSSR count). The molecular weight excluding hydrogens is 395 g/mol. The van der Waals surface area contributed by atoms with Crippen LogP contribution in [0.5, 0.6) is 5.75 Å². The van der Waals surface area contributed by atoms with E-state index in [0.717, 1.165) is 23.6 Å². The van der Waals surface area contributed by atoms with Gasteiger partial charge in [0.15, 0.2) is 0 Å². The minimum Gasteiger partial charge on any atom is -0.496 e. The van der Waals surface area contributed by atoms with Crippen molar-refractivity contribution >= 4 is 11.7 Å². The molecule has 1 amide bonds. The second-order valence-electron chi connectivity index (χ2n) is 7.53. The topological polar surface area (TPSA) is 45.7 Å². The maximum Gasteiger partial charge on any atom is 0.417 e. The Labute approximate surface area is 174 Å². The predicted molar refractivity (Wildman–Crippen MR) is 108 cm³/mol. The van der Waals surface area contributed by atoms with E-state index >= 15 is 0 Å². The molecule has 2 aromatic rings. The van der Waals surface area contributed by atoms with Crippen molar-refractivity contribution in [1.82, 2.24) is 9.88 Å². The van der Waals surface area contributed by atoms with Crippen LogP contribution in [0.2, 0.25) is 0 Å². The zero-order valence-corrected chi connectivity index (χ0v) is 17.3. The van der Waals surface area contributed by atoms with E-state index in [1.54, 1.807) is 19.1 Å². The molecule has 0 saturated carbocycles. The summed E-state index contributed by atoms with van der Waals surface area (Å²) >= 11 is 0. The Morgan fingerprint density at radius 1 is 1.20 bits per heavy atom. The molecule has 0 aliphatic carbocycles. The van der Waals surface area contributed by atoms with Crippen molar-refractivity contribution in [3.05, 3.63) is 53.7 Å². The highest BCUT2D eigenvalue weighted by Gasteiger charge is 2.32. The van der Waals surface area contributed by atoms with E-state index in [-0.39, 0.29) is 17.9 Å². The molecule has 2 heterocycles. The molecule has 0 radical (unpaired) electrons. The summed E-state index contributed by atoms with van der Waals surface area (Å²) in [4.78, 5) is 20.7. The fourth-order valence-electron chi connectivity index (χ4n) is 3.80. The average molecular weight is 421 g/mol. The van der Waals surface area contributed by atoms with Crippen LogP contribution in [0.1, 0.15) is 36.9 Å². The molecule has 0 bridgehead atoms. The van der Waals surface area contributed by atoms with Gasteiger partial charge in [0.25, 0.3) is 0 Å². The van der Waals surface area contributed by atoms with Crippen LogP contribution < -0.4 is 9.64 Å². The first-order chi connectivity index (χ1) is 14.2. The molecule has 1 aromatic carbocycles. The SMILES string of the molecule is COc1ccccc1[C@@H](C)N(C)C(=O)C1CCN(c2ccc(C(F)(F)F)cn2)CC1. The number of carbonyl (C=O) groups is 1. The van der Waals surface area contributed by atoms with Gasteiger partial charge in [-0.3, -0.25) is 4.79 Å². The Balaban J connectivity index is 1.61. The first-order valence-corrected chi connectivity index (χ1v) is 9.90. The number of rotatable bonds is 5. The van der Waals surface area contributed by atoms with Crippen molar-refractivity contribution in [2.24, 2.45) is 5.92 Å². The molecule has 162 valence electrons. The highest BCUT2D eigenvalue weighted by molar-refractivity contribution is 5.79. The maximum atomic E-state index is 13.0. The first kappa shape index (κ1) is 21.9. The van der Waals surface area contributed by atoms with Crippen LogP contribution in [0, 0.1) is 5.92 Å². The number of nitrogens with zero attached hydrogens (tertiary/aromatic N) is 3. The van der Waals surface area contributed by atoms with Crippen LogP contribution in [0.3, 0.4) is 0 Å². The fraction of sp³-hybridized carbons (Fsp3) is 0.455. The normalized spacial score (nSPS) is 16.3. The van der Waals surface area contributed by atoms with Crippen LogP contribution in [0.4, 0.5) is 19.0 Å². The summed E-state index contributed by atoms with van der Waals surface area (Å²) in [6.45, 7) is 3.12. The smallest absolute Gasteiger partial charge is 0.417 e. The molecule has 1 atom stereocenters. The number of methoxy groups -OCH3 is 1. The van der Waals surface area contributed by atoms with Gasteiger partial charge in [0.2, 0.25) is 5.91 Å². The Kier molecular flexibility index (Phi) is 6.53. The van der Waals surface area contributed by atoms with E-state index in [1.165, 1.54) is 6.07 Å². The lowest BCUT2D eigenvalue weighted by Gasteiger charge is -2.35. The summed E-state index contributed by atoms with van der Waals surface area (Å²) in [7, 11) is 3.40. The molecule has 1 saturated heterocycles. The van der Waals surface area contributed by atoms with Gasteiger partial charge in [-0.25, -0.2) is 4.98 Å². The lowest BCUT2D eigenvalue weighted by atomic mass is 9.94. The summed E-state index contributed by atoms with van der Waals surface area (Å²) in [6.07, 6.45) is -2.28. The molecule has 0 spiro atoms. The van der Waals surface area contributed by atoms with Gasteiger partial charge >= 0.3 is 6.18 Å². The Bertz CT molecular complexity index is 863. The number of para-hydroxylation sites is 1. The average Bonchev–Trinajstić information content (AvgIpc) is 2.77. The number of benzene rings is 1. The minimum atomic E-state index is -4.40. The number of alkyl halides is 3. The van der Waals surface area contributed by atoms with Gasteiger partial charge in [-0.05, 0) is 38.0 Å². The molecule has 1 aromatic heterocycles. The molecule has 1 aliphatic heterocycles. The van der Waals surface area contributed by atoms with Crippen molar-refractivity contribution < 1.29 is 22.7 Å². The molecule has 5 nitrogen and oxygen atoms in total.